The van der Waals surface area contributed by atoms with Crippen LogP contribution in [0.3, 0.4) is 0 Å². The highest BCUT2D eigenvalue weighted by Gasteiger charge is 2.15. The molecule has 1 nitrogen and oxygen atoms in total. The monoisotopic (exact) mass is 259 g/mol. The molecule has 4 heteroatoms. The van der Waals surface area contributed by atoms with Gasteiger partial charge in [-0.2, -0.15) is 11.8 Å². The zero-order valence-corrected chi connectivity index (χ0v) is 11.1. The maximum absolute atomic E-state index is 13.7. The smallest absolute Gasteiger partial charge is 0.130 e. The van der Waals surface area contributed by atoms with Crippen LogP contribution in [0.5, 0.6) is 0 Å². The lowest BCUT2D eigenvalue weighted by atomic mass is 10.0. The molecule has 0 heterocycles. The van der Waals surface area contributed by atoms with Gasteiger partial charge in [0.2, 0.25) is 0 Å². The van der Waals surface area contributed by atoms with E-state index >= 15 is 0 Å². The third-order valence-electron chi connectivity index (χ3n) is 2.59. The van der Waals surface area contributed by atoms with Gasteiger partial charge in [0.15, 0.2) is 0 Å². The fourth-order valence-corrected chi connectivity index (χ4v) is 2.18. The maximum Gasteiger partial charge on any atom is 0.130 e. The number of hydrogen-bond acceptors (Lipinski definition) is 2. The van der Waals surface area contributed by atoms with E-state index in [1.165, 1.54) is 6.07 Å². The molecule has 0 aliphatic heterocycles. The SMILES string of the molecule is CCCNC(CCSC)c1ccc(F)cc1F. The summed E-state index contributed by atoms with van der Waals surface area (Å²) < 4.78 is 26.5. The number of hydrogen-bond donors (Lipinski definition) is 1. The molecule has 1 N–H and O–H groups in total. The lowest BCUT2D eigenvalue weighted by molar-refractivity contribution is 0.485. The van der Waals surface area contributed by atoms with Crippen LogP contribution in [0.1, 0.15) is 31.4 Å². The molecule has 17 heavy (non-hydrogen) atoms. The highest BCUT2D eigenvalue weighted by Crippen LogP contribution is 2.22. The average molecular weight is 259 g/mol. The van der Waals surface area contributed by atoms with Crippen LogP contribution in [0, 0.1) is 11.6 Å². The summed E-state index contributed by atoms with van der Waals surface area (Å²) in [5.41, 5.74) is 0.564. The van der Waals surface area contributed by atoms with Crippen LogP contribution in [0.15, 0.2) is 18.2 Å². The fourth-order valence-electron chi connectivity index (χ4n) is 1.71. The Morgan fingerprint density at radius 2 is 2.12 bits per heavy atom. The van der Waals surface area contributed by atoms with Crippen LogP contribution in [0.25, 0.3) is 0 Å². The Morgan fingerprint density at radius 1 is 1.35 bits per heavy atom. The van der Waals surface area contributed by atoms with E-state index in [2.05, 4.69) is 12.2 Å². The van der Waals surface area contributed by atoms with Crippen molar-refractivity contribution in [2.75, 3.05) is 18.6 Å². The first kappa shape index (κ1) is 14.5. The van der Waals surface area contributed by atoms with E-state index in [9.17, 15) is 8.78 Å². The second kappa shape index (κ2) is 7.67. The predicted octanol–water partition coefficient (Wildman–Crippen LogP) is 3.76. The van der Waals surface area contributed by atoms with Crippen LogP contribution in [-0.4, -0.2) is 18.6 Å². The molecule has 1 aromatic carbocycles. The Hall–Kier alpha value is -0.610. The Morgan fingerprint density at radius 3 is 2.71 bits per heavy atom. The number of rotatable bonds is 7. The molecule has 0 spiro atoms. The van der Waals surface area contributed by atoms with Gasteiger partial charge in [-0.3, -0.25) is 0 Å². The highest BCUT2D eigenvalue weighted by atomic mass is 32.2. The molecule has 0 bridgehead atoms. The first-order valence-corrected chi connectivity index (χ1v) is 7.25. The minimum atomic E-state index is -0.523. The van der Waals surface area contributed by atoms with Gasteiger partial charge < -0.3 is 5.32 Å². The van der Waals surface area contributed by atoms with Crippen LogP contribution in [0.4, 0.5) is 8.78 Å². The number of halogens is 2. The normalized spacial score (nSPS) is 12.7. The molecule has 1 aromatic rings. The predicted molar refractivity (Wildman–Crippen MR) is 70.4 cm³/mol. The minimum Gasteiger partial charge on any atom is -0.310 e. The Labute approximate surface area is 106 Å². The molecule has 0 radical (unpaired) electrons. The first-order valence-electron chi connectivity index (χ1n) is 5.86. The van der Waals surface area contributed by atoms with Crippen LogP contribution in [0.2, 0.25) is 0 Å². The second-order valence-corrected chi connectivity index (χ2v) is 4.94. The summed E-state index contributed by atoms with van der Waals surface area (Å²) in [6.07, 6.45) is 3.88. The van der Waals surface area contributed by atoms with Gasteiger partial charge in [-0.15, -0.1) is 0 Å². The molecule has 0 aliphatic rings. The van der Waals surface area contributed by atoms with E-state index in [-0.39, 0.29) is 6.04 Å². The third-order valence-corrected chi connectivity index (χ3v) is 3.23. The summed E-state index contributed by atoms with van der Waals surface area (Å²) in [6.45, 7) is 2.91. The largest absolute Gasteiger partial charge is 0.310 e. The van der Waals surface area contributed by atoms with Gasteiger partial charge in [0.1, 0.15) is 11.6 Å². The molecule has 0 aliphatic carbocycles. The fraction of sp³-hybridized carbons (Fsp3) is 0.538. The van der Waals surface area contributed by atoms with Gasteiger partial charge in [0.25, 0.3) is 0 Å². The molecule has 0 fully saturated rings. The van der Waals surface area contributed by atoms with Crippen molar-refractivity contribution in [1.29, 1.82) is 0 Å². The number of thioether (sulfide) groups is 1. The maximum atomic E-state index is 13.7. The van der Waals surface area contributed by atoms with Crippen molar-refractivity contribution in [2.24, 2.45) is 0 Å². The van der Waals surface area contributed by atoms with E-state index in [4.69, 9.17) is 0 Å². The van der Waals surface area contributed by atoms with Crippen molar-refractivity contribution >= 4 is 11.8 Å². The van der Waals surface area contributed by atoms with Crippen molar-refractivity contribution in [3.8, 4) is 0 Å². The van der Waals surface area contributed by atoms with Crippen molar-refractivity contribution in [3.05, 3.63) is 35.4 Å². The molecule has 0 saturated carbocycles. The first-order chi connectivity index (χ1) is 8.19. The molecule has 1 rings (SSSR count). The zero-order valence-electron chi connectivity index (χ0n) is 10.3. The van der Waals surface area contributed by atoms with E-state index in [0.717, 1.165) is 31.2 Å². The Balaban J connectivity index is 2.79. The Bertz CT molecular complexity index is 336. The lowest BCUT2D eigenvalue weighted by Crippen LogP contribution is -2.23. The van der Waals surface area contributed by atoms with E-state index in [1.807, 2.05) is 6.26 Å². The van der Waals surface area contributed by atoms with Crippen molar-refractivity contribution in [3.63, 3.8) is 0 Å². The molecule has 0 amide bonds. The number of nitrogens with one attached hydrogen (secondary N) is 1. The van der Waals surface area contributed by atoms with E-state index < -0.39 is 11.6 Å². The summed E-state index contributed by atoms with van der Waals surface area (Å²) in [4.78, 5) is 0. The van der Waals surface area contributed by atoms with Gasteiger partial charge in [0.05, 0.1) is 0 Å². The molecule has 1 atom stereocenters. The quantitative estimate of drug-likeness (QED) is 0.800. The van der Waals surface area contributed by atoms with Gasteiger partial charge in [0, 0.05) is 17.7 Å². The van der Waals surface area contributed by atoms with Crippen molar-refractivity contribution < 1.29 is 8.78 Å². The average Bonchev–Trinajstić information content (AvgIpc) is 2.30. The zero-order chi connectivity index (χ0) is 12.7. The Kier molecular flexibility index (Phi) is 6.52. The second-order valence-electron chi connectivity index (χ2n) is 3.95. The summed E-state index contributed by atoms with van der Waals surface area (Å²) >= 11 is 1.73. The summed E-state index contributed by atoms with van der Waals surface area (Å²) in [6, 6.07) is 3.79. The number of benzene rings is 1. The summed E-state index contributed by atoms with van der Waals surface area (Å²) in [7, 11) is 0. The standard InChI is InChI=1S/C13H19F2NS/c1-3-7-16-13(6-8-17-2)11-5-4-10(14)9-12(11)15/h4-5,9,13,16H,3,6-8H2,1-2H3. The van der Waals surface area contributed by atoms with Crippen LogP contribution >= 0.6 is 11.8 Å². The molecule has 96 valence electrons. The third kappa shape index (κ3) is 4.64. The van der Waals surface area contributed by atoms with Gasteiger partial charge >= 0.3 is 0 Å². The summed E-state index contributed by atoms with van der Waals surface area (Å²) in [5, 5.41) is 3.31. The molecular weight excluding hydrogens is 240 g/mol. The highest BCUT2D eigenvalue weighted by molar-refractivity contribution is 7.98. The van der Waals surface area contributed by atoms with Gasteiger partial charge in [-0.05, 0) is 37.5 Å². The minimum absolute atomic E-state index is 0.0250. The molecular formula is C13H19F2NS. The van der Waals surface area contributed by atoms with Crippen LogP contribution < -0.4 is 5.32 Å². The molecule has 1 unspecified atom stereocenters. The van der Waals surface area contributed by atoms with Crippen molar-refractivity contribution in [2.45, 2.75) is 25.8 Å². The van der Waals surface area contributed by atoms with Gasteiger partial charge in [-0.1, -0.05) is 13.0 Å². The molecule has 0 aromatic heterocycles. The van der Waals surface area contributed by atoms with Crippen molar-refractivity contribution in [1.82, 2.24) is 5.32 Å². The van der Waals surface area contributed by atoms with Crippen LogP contribution in [-0.2, 0) is 0 Å². The topological polar surface area (TPSA) is 12.0 Å². The van der Waals surface area contributed by atoms with E-state index in [1.54, 1.807) is 17.8 Å². The van der Waals surface area contributed by atoms with E-state index in [0.29, 0.717) is 5.56 Å². The van der Waals surface area contributed by atoms with Gasteiger partial charge in [-0.25, -0.2) is 8.78 Å². The summed E-state index contributed by atoms with van der Waals surface area (Å²) in [5.74, 6) is -0.0249. The molecule has 0 saturated heterocycles. The lowest BCUT2D eigenvalue weighted by Gasteiger charge is -2.19.